The summed E-state index contributed by atoms with van der Waals surface area (Å²) in [6.45, 7) is 1.83. The van der Waals surface area contributed by atoms with E-state index in [2.05, 4.69) is 15.5 Å². The number of nitrogens with one attached hydrogen (secondary N) is 2. The second kappa shape index (κ2) is 8.27. The predicted molar refractivity (Wildman–Crippen MR) is 89.6 cm³/mol. The van der Waals surface area contributed by atoms with Crippen molar-refractivity contribution in [1.82, 2.24) is 20.4 Å². The maximum Gasteiger partial charge on any atom is 0.274 e. The Kier molecular flexibility index (Phi) is 6.10. The van der Waals surface area contributed by atoms with Gasteiger partial charge < -0.3 is 15.0 Å². The molecule has 1 aromatic heterocycles. The summed E-state index contributed by atoms with van der Waals surface area (Å²) < 4.78 is 18.9. The van der Waals surface area contributed by atoms with E-state index in [1.165, 1.54) is 17.0 Å². The minimum absolute atomic E-state index is 0.0543. The van der Waals surface area contributed by atoms with Crippen molar-refractivity contribution in [1.29, 1.82) is 0 Å². The van der Waals surface area contributed by atoms with Crippen molar-refractivity contribution in [3.63, 3.8) is 0 Å². The van der Waals surface area contributed by atoms with Crippen LogP contribution < -0.4 is 10.1 Å². The summed E-state index contributed by atoms with van der Waals surface area (Å²) in [4.78, 5) is 25.3. The molecule has 0 aliphatic carbocycles. The molecule has 7 nitrogen and oxygen atoms in total. The molecule has 8 heteroatoms. The number of amides is 2. The lowest BCUT2D eigenvalue weighted by Gasteiger charge is -2.23. The van der Waals surface area contributed by atoms with Crippen molar-refractivity contribution < 1.29 is 18.7 Å². The number of halogens is 1. The van der Waals surface area contributed by atoms with Crippen LogP contribution in [0.3, 0.4) is 0 Å². The highest BCUT2D eigenvalue weighted by molar-refractivity contribution is 5.92. The average molecular weight is 348 g/mol. The zero-order valence-electron chi connectivity index (χ0n) is 14.4. The molecule has 2 N–H and O–H groups in total. The van der Waals surface area contributed by atoms with Crippen molar-refractivity contribution in [2.24, 2.45) is 0 Å². The first kappa shape index (κ1) is 18.4. The maximum absolute atomic E-state index is 13.5. The van der Waals surface area contributed by atoms with E-state index in [1.807, 2.05) is 0 Å². The second-order valence-electron chi connectivity index (χ2n) is 5.64. The quantitative estimate of drug-likeness (QED) is 0.798. The number of benzene rings is 1. The number of aromatic amines is 1. The van der Waals surface area contributed by atoms with Gasteiger partial charge in [0.05, 0.1) is 5.69 Å². The van der Waals surface area contributed by atoms with Gasteiger partial charge in [-0.25, -0.2) is 4.39 Å². The van der Waals surface area contributed by atoms with Gasteiger partial charge in [0.15, 0.2) is 17.3 Å². The molecule has 1 heterocycles. The molecule has 0 bridgehead atoms. The number of para-hydroxylation sites is 1. The Bertz CT molecular complexity index is 747. The summed E-state index contributed by atoms with van der Waals surface area (Å²) in [5.74, 6) is -0.791. The number of hydrogen-bond acceptors (Lipinski definition) is 4. The summed E-state index contributed by atoms with van der Waals surface area (Å²) in [5.41, 5.74) is 0.748. The van der Waals surface area contributed by atoms with Gasteiger partial charge in [-0.2, -0.15) is 5.10 Å². The van der Waals surface area contributed by atoms with Crippen LogP contribution in [0.2, 0.25) is 0 Å². The third-order valence-electron chi connectivity index (χ3n) is 3.81. The van der Waals surface area contributed by atoms with Gasteiger partial charge in [0.1, 0.15) is 6.61 Å². The Balaban J connectivity index is 1.96. The molecule has 0 saturated carbocycles. The molecule has 0 aliphatic rings. The van der Waals surface area contributed by atoms with Gasteiger partial charge in [-0.3, -0.25) is 14.7 Å². The molecule has 2 aromatic rings. The van der Waals surface area contributed by atoms with Gasteiger partial charge in [-0.15, -0.1) is 0 Å². The van der Waals surface area contributed by atoms with Crippen LogP contribution in [0.5, 0.6) is 5.75 Å². The van der Waals surface area contributed by atoms with Gasteiger partial charge in [-0.1, -0.05) is 12.1 Å². The third kappa shape index (κ3) is 4.79. The Morgan fingerprint density at radius 1 is 1.40 bits per heavy atom. The van der Waals surface area contributed by atoms with Gasteiger partial charge >= 0.3 is 0 Å². The van der Waals surface area contributed by atoms with Crippen LogP contribution in [0.4, 0.5) is 4.39 Å². The first-order valence-corrected chi connectivity index (χ1v) is 7.81. The molecule has 0 radical (unpaired) electrons. The fourth-order valence-corrected chi connectivity index (χ4v) is 2.15. The molecular weight excluding hydrogens is 327 g/mol. The lowest BCUT2D eigenvalue weighted by atomic mass is 10.2. The Hall–Kier alpha value is -2.90. The largest absolute Gasteiger partial charge is 0.484 e. The van der Waals surface area contributed by atoms with E-state index >= 15 is 0 Å². The lowest BCUT2D eigenvalue weighted by molar-refractivity contribution is -0.121. The first-order valence-electron chi connectivity index (χ1n) is 7.81. The Morgan fingerprint density at radius 2 is 2.12 bits per heavy atom. The highest BCUT2D eigenvalue weighted by Crippen LogP contribution is 2.17. The SMILES string of the molecule is CNC(=O)CC(C)N(C)C(=O)c1cc(COc2ccccc2F)[nH]n1. The molecule has 2 amide bonds. The van der Waals surface area contributed by atoms with Gasteiger partial charge in [0, 0.05) is 26.6 Å². The van der Waals surface area contributed by atoms with E-state index in [1.54, 1.807) is 39.2 Å². The molecule has 1 aromatic carbocycles. The van der Waals surface area contributed by atoms with Crippen LogP contribution in [-0.4, -0.2) is 47.0 Å². The van der Waals surface area contributed by atoms with Crippen LogP contribution in [0.25, 0.3) is 0 Å². The number of carbonyl (C=O) groups is 2. The van der Waals surface area contributed by atoms with Crippen molar-refractivity contribution in [3.05, 3.63) is 47.5 Å². The molecule has 1 unspecified atom stereocenters. The minimum Gasteiger partial charge on any atom is -0.484 e. The number of rotatable bonds is 7. The van der Waals surface area contributed by atoms with Crippen LogP contribution >= 0.6 is 0 Å². The van der Waals surface area contributed by atoms with E-state index < -0.39 is 5.82 Å². The third-order valence-corrected chi connectivity index (χ3v) is 3.81. The standard InChI is InChI=1S/C17H21FN4O3/c1-11(8-16(23)19-2)22(3)17(24)14-9-12(20-21-14)10-25-15-7-5-4-6-13(15)18/h4-7,9,11H,8,10H2,1-3H3,(H,19,23)(H,20,21). The molecule has 0 saturated heterocycles. The maximum atomic E-state index is 13.5. The molecule has 0 aliphatic heterocycles. The zero-order valence-corrected chi connectivity index (χ0v) is 14.4. The minimum atomic E-state index is -0.457. The topological polar surface area (TPSA) is 87.3 Å². The normalized spacial score (nSPS) is 11.7. The summed E-state index contributed by atoms with van der Waals surface area (Å²) in [7, 11) is 3.16. The Labute approximate surface area is 145 Å². The van der Waals surface area contributed by atoms with Crippen molar-refractivity contribution in [2.45, 2.75) is 26.0 Å². The zero-order chi connectivity index (χ0) is 18.4. The molecule has 0 spiro atoms. The second-order valence-corrected chi connectivity index (χ2v) is 5.64. The van der Waals surface area contributed by atoms with Crippen LogP contribution in [0.1, 0.15) is 29.5 Å². The van der Waals surface area contributed by atoms with E-state index in [0.717, 1.165) is 0 Å². The summed E-state index contributed by atoms with van der Waals surface area (Å²) in [6, 6.07) is 7.34. The number of H-pyrrole nitrogens is 1. The molecule has 134 valence electrons. The van der Waals surface area contributed by atoms with E-state index in [-0.39, 0.29) is 42.3 Å². The van der Waals surface area contributed by atoms with Crippen LogP contribution in [0, 0.1) is 5.82 Å². The number of aromatic nitrogens is 2. The molecule has 0 fully saturated rings. The number of nitrogens with zero attached hydrogens (tertiary/aromatic N) is 2. The molecule has 25 heavy (non-hydrogen) atoms. The van der Waals surface area contributed by atoms with Gasteiger partial charge in [-0.05, 0) is 25.1 Å². The fourth-order valence-electron chi connectivity index (χ4n) is 2.15. The molecular formula is C17H21FN4O3. The lowest BCUT2D eigenvalue weighted by Crippen LogP contribution is -2.38. The van der Waals surface area contributed by atoms with E-state index in [0.29, 0.717) is 5.69 Å². The van der Waals surface area contributed by atoms with Gasteiger partial charge in [0.25, 0.3) is 5.91 Å². The van der Waals surface area contributed by atoms with Crippen LogP contribution in [-0.2, 0) is 11.4 Å². The molecule has 1 atom stereocenters. The van der Waals surface area contributed by atoms with Gasteiger partial charge in [0.2, 0.25) is 5.91 Å². The van der Waals surface area contributed by atoms with Crippen molar-refractivity contribution in [3.8, 4) is 5.75 Å². The predicted octanol–water partition coefficient (Wildman–Crippen LogP) is 1.72. The van der Waals surface area contributed by atoms with E-state index in [4.69, 9.17) is 4.74 Å². The summed E-state index contributed by atoms with van der Waals surface area (Å²) >= 11 is 0. The van der Waals surface area contributed by atoms with E-state index in [9.17, 15) is 14.0 Å². The highest BCUT2D eigenvalue weighted by Gasteiger charge is 2.21. The summed E-state index contributed by atoms with van der Waals surface area (Å²) in [5, 5.41) is 9.19. The van der Waals surface area contributed by atoms with Crippen molar-refractivity contribution in [2.75, 3.05) is 14.1 Å². The number of carbonyl (C=O) groups excluding carboxylic acids is 2. The monoisotopic (exact) mass is 348 g/mol. The smallest absolute Gasteiger partial charge is 0.274 e. The van der Waals surface area contributed by atoms with Crippen LogP contribution in [0.15, 0.2) is 30.3 Å². The van der Waals surface area contributed by atoms with Crippen molar-refractivity contribution >= 4 is 11.8 Å². The molecule has 2 rings (SSSR count). The first-order chi connectivity index (χ1) is 11.9. The fraction of sp³-hybridized carbons (Fsp3) is 0.353. The average Bonchev–Trinajstić information content (AvgIpc) is 3.08. The Morgan fingerprint density at radius 3 is 2.80 bits per heavy atom. The number of hydrogen-bond donors (Lipinski definition) is 2. The summed E-state index contributed by atoms with van der Waals surface area (Å²) in [6.07, 6.45) is 0.201. The number of ether oxygens (including phenoxy) is 1. The highest BCUT2D eigenvalue weighted by atomic mass is 19.1.